The predicted molar refractivity (Wildman–Crippen MR) is 53.9 cm³/mol. The molecule has 0 fully saturated rings. The summed E-state index contributed by atoms with van der Waals surface area (Å²) in [5, 5.41) is 0. The molecule has 0 radical (unpaired) electrons. The number of hydrogen-bond acceptors (Lipinski definition) is 2. The Hall–Kier alpha value is -0.360. The monoisotopic (exact) mass is 245 g/mol. The zero-order chi connectivity index (χ0) is 12.8. The maximum absolute atomic E-state index is 12.6. The van der Waals surface area contributed by atoms with Crippen molar-refractivity contribution in [1.29, 1.82) is 0 Å². The van der Waals surface area contributed by atoms with E-state index in [1.165, 1.54) is 0 Å². The zero-order valence-corrected chi connectivity index (χ0v) is 9.56. The van der Waals surface area contributed by atoms with Crippen LogP contribution < -0.4 is 5.73 Å². The van der Waals surface area contributed by atoms with Gasteiger partial charge in [0.05, 0.1) is 6.10 Å². The number of ether oxygens (including phenoxy) is 1. The van der Waals surface area contributed by atoms with Crippen LogP contribution in [0, 0.1) is 0 Å². The van der Waals surface area contributed by atoms with Gasteiger partial charge in [-0.15, -0.1) is 0 Å². The second kappa shape index (κ2) is 7.06. The van der Waals surface area contributed by atoms with Gasteiger partial charge in [-0.2, -0.15) is 8.78 Å². The van der Waals surface area contributed by atoms with E-state index in [0.29, 0.717) is 12.8 Å². The van der Waals surface area contributed by atoms with Gasteiger partial charge in [-0.05, 0) is 12.8 Å². The summed E-state index contributed by atoms with van der Waals surface area (Å²) >= 11 is 0. The average Bonchev–Trinajstić information content (AvgIpc) is 2.18. The highest BCUT2D eigenvalue weighted by Crippen LogP contribution is 2.24. The van der Waals surface area contributed by atoms with E-state index in [4.69, 9.17) is 10.5 Å². The SMILES string of the molecule is CCCC(N)C(CC)OCC(F)(F)C(F)F. The average molecular weight is 245 g/mol. The molecule has 98 valence electrons. The van der Waals surface area contributed by atoms with Gasteiger partial charge in [0.15, 0.2) is 0 Å². The maximum Gasteiger partial charge on any atom is 0.330 e. The smallest absolute Gasteiger partial charge is 0.330 e. The molecule has 0 saturated carbocycles. The molecule has 0 aromatic carbocycles. The minimum Gasteiger partial charge on any atom is -0.370 e. The van der Waals surface area contributed by atoms with Crippen molar-refractivity contribution in [2.24, 2.45) is 5.73 Å². The summed E-state index contributed by atoms with van der Waals surface area (Å²) in [6.45, 7) is 2.35. The van der Waals surface area contributed by atoms with Gasteiger partial charge in [0.25, 0.3) is 0 Å². The number of halogens is 4. The molecule has 0 aliphatic carbocycles. The Morgan fingerprint density at radius 2 is 1.81 bits per heavy atom. The first-order valence-electron chi connectivity index (χ1n) is 5.38. The van der Waals surface area contributed by atoms with Crippen LogP contribution in [0.4, 0.5) is 17.6 Å². The topological polar surface area (TPSA) is 35.2 Å². The fraction of sp³-hybridized carbons (Fsp3) is 1.00. The van der Waals surface area contributed by atoms with E-state index in [2.05, 4.69) is 0 Å². The van der Waals surface area contributed by atoms with Crippen LogP contribution in [0.2, 0.25) is 0 Å². The van der Waals surface area contributed by atoms with Crippen molar-refractivity contribution in [3.8, 4) is 0 Å². The summed E-state index contributed by atoms with van der Waals surface area (Å²) in [7, 11) is 0. The zero-order valence-electron chi connectivity index (χ0n) is 9.56. The van der Waals surface area contributed by atoms with E-state index in [9.17, 15) is 17.6 Å². The van der Waals surface area contributed by atoms with E-state index in [0.717, 1.165) is 6.42 Å². The lowest BCUT2D eigenvalue weighted by Crippen LogP contribution is -2.41. The largest absolute Gasteiger partial charge is 0.370 e. The highest BCUT2D eigenvalue weighted by Gasteiger charge is 2.41. The molecule has 16 heavy (non-hydrogen) atoms. The lowest BCUT2D eigenvalue weighted by molar-refractivity contribution is -0.178. The minimum atomic E-state index is -4.10. The first-order chi connectivity index (χ1) is 7.35. The highest BCUT2D eigenvalue weighted by atomic mass is 19.3. The van der Waals surface area contributed by atoms with Crippen LogP contribution in [0.5, 0.6) is 0 Å². The first kappa shape index (κ1) is 15.6. The Labute approximate surface area is 93.1 Å². The molecule has 0 amide bonds. The van der Waals surface area contributed by atoms with Crippen molar-refractivity contribution in [2.75, 3.05) is 6.61 Å². The Morgan fingerprint density at radius 3 is 2.19 bits per heavy atom. The van der Waals surface area contributed by atoms with E-state index in [1.54, 1.807) is 6.92 Å². The molecule has 0 aromatic rings. The molecule has 6 heteroatoms. The molecule has 2 atom stereocenters. The molecule has 0 aliphatic heterocycles. The lowest BCUT2D eigenvalue weighted by atomic mass is 10.0. The molecule has 0 saturated heterocycles. The molecule has 0 aliphatic rings. The number of alkyl halides is 4. The van der Waals surface area contributed by atoms with Gasteiger partial charge in [-0.25, -0.2) is 8.78 Å². The van der Waals surface area contributed by atoms with Crippen LogP contribution in [-0.4, -0.2) is 31.1 Å². The van der Waals surface area contributed by atoms with E-state index >= 15 is 0 Å². The summed E-state index contributed by atoms with van der Waals surface area (Å²) in [5.74, 6) is -4.10. The number of nitrogens with two attached hydrogens (primary N) is 1. The van der Waals surface area contributed by atoms with Crippen molar-refractivity contribution < 1.29 is 22.3 Å². The van der Waals surface area contributed by atoms with Crippen LogP contribution in [0.3, 0.4) is 0 Å². The van der Waals surface area contributed by atoms with Crippen molar-refractivity contribution in [3.63, 3.8) is 0 Å². The van der Waals surface area contributed by atoms with Crippen molar-refractivity contribution in [3.05, 3.63) is 0 Å². The quantitative estimate of drug-likeness (QED) is 0.667. The second-order valence-electron chi connectivity index (χ2n) is 3.77. The summed E-state index contributed by atoms with van der Waals surface area (Å²) < 4.78 is 53.6. The van der Waals surface area contributed by atoms with Crippen molar-refractivity contribution in [2.45, 2.75) is 57.6 Å². The molecule has 0 spiro atoms. The van der Waals surface area contributed by atoms with Crippen LogP contribution in [0.25, 0.3) is 0 Å². The molecule has 0 bridgehead atoms. The number of rotatable bonds is 8. The number of hydrogen-bond donors (Lipinski definition) is 1. The molecular weight excluding hydrogens is 226 g/mol. The van der Waals surface area contributed by atoms with E-state index in [1.807, 2.05) is 6.92 Å². The predicted octanol–water partition coefficient (Wildman–Crippen LogP) is 2.81. The normalized spacial score (nSPS) is 16.5. The van der Waals surface area contributed by atoms with Gasteiger partial charge in [0.1, 0.15) is 6.61 Å². The third kappa shape index (κ3) is 5.12. The van der Waals surface area contributed by atoms with Gasteiger partial charge in [0, 0.05) is 6.04 Å². The molecule has 2 N–H and O–H groups in total. The maximum atomic E-state index is 12.6. The highest BCUT2D eigenvalue weighted by molar-refractivity contribution is 4.75. The summed E-state index contributed by atoms with van der Waals surface area (Å²) in [4.78, 5) is 0. The van der Waals surface area contributed by atoms with Gasteiger partial charge < -0.3 is 10.5 Å². The van der Waals surface area contributed by atoms with Crippen molar-refractivity contribution >= 4 is 0 Å². The summed E-state index contributed by atoms with van der Waals surface area (Å²) in [6, 6.07) is -0.386. The summed E-state index contributed by atoms with van der Waals surface area (Å²) in [6.07, 6.45) is -2.44. The third-order valence-corrected chi connectivity index (χ3v) is 2.31. The fourth-order valence-corrected chi connectivity index (χ4v) is 1.34. The van der Waals surface area contributed by atoms with Gasteiger partial charge in [-0.3, -0.25) is 0 Å². The molecule has 0 heterocycles. The van der Waals surface area contributed by atoms with E-state index in [-0.39, 0.29) is 6.04 Å². The van der Waals surface area contributed by atoms with Crippen molar-refractivity contribution in [1.82, 2.24) is 0 Å². The Balaban J connectivity index is 4.14. The second-order valence-corrected chi connectivity index (χ2v) is 3.77. The first-order valence-corrected chi connectivity index (χ1v) is 5.38. The van der Waals surface area contributed by atoms with Crippen LogP contribution in [0.1, 0.15) is 33.1 Å². The van der Waals surface area contributed by atoms with Gasteiger partial charge in [0.2, 0.25) is 0 Å². The minimum absolute atomic E-state index is 0.386. The lowest BCUT2D eigenvalue weighted by Gasteiger charge is -2.25. The Kier molecular flexibility index (Phi) is 6.90. The Morgan fingerprint density at radius 1 is 1.25 bits per heavy atom. The van der Waals surface area contributed by atoms with Crippen LogP contribution in [-0.2, 0) is 4.74 Å². The van der Waals surface area contributed by atoms with Gasteiger partial charge in [-0.1, -0.05) is 20.3 Å². The Bertz CT molecular complexity index is 190. The molecule has 2 nitrogen and oxygen atoms in total. The summed E-state index contributed by atoms with van der Waals surface area (Å²) in [5.41, 5.74) is 5.69. The molecule has 0 rings (SSSR count). The molecule has 2 unspecified atom stereocenters. The third-order valence-electron chi connectivity index (χ3n) is 2.31. The van der Waals surface area contributed by atoms with Gasteiger partial charge >= 0.3 is 12.3 Å². The van der Waals surface area contributed by atoms with E-state index < -0.39 is 25.1 Å². The van der Waals surface area contributed by atoms with Crippen LogP contribution >= 0.6 is 0 Å². The fourth-order valence-electron chi connectivity index (χ4n) is 1.34. The molecule has 0 aromatic heterocycles. The van der Waals surface area contributed by atoms with Crippen LogP contribution in [0.15, 0.2) is 0 Å². The molecular formula is C10H19F4NO. The standard InChI is InChI=1S/C10H19F4NO/c1-3-5-7(15)8(4-2)16-6-10(13,14)9(11)12/h7-9H,3-6,15H2,1-2H3.